The van der Waals surface area contributed by atoms with Gasteiger partial charge in [0.05, 0.1) is 6.42 Å². The summed E-state index contributed by atoms with van der Waals surface area (Å²) >= 11 is 0. The summed E-state index contributed by atoms with van der Waals surface area (Å²) in [5.74, 6) is 0.0296. The first-order valence-electron chi connectivity index (χ1n) is 6.87. The molecule has 0 aromatic heterocycles. The molecule has 0 aliphatic carbocycles. The molecule has 3 N–H and O–H groups in total. The second kappa shape index (κ2) is 5.50. The first-order chi connectivity index (χ1) is 9.72. The van der Waals surface area contributed by atoms with E-state index >= 15 is 0 Å². The number of urea groups is 1. The Hall–Kier alpha value is -2.08. The van der Waals surface area contributed by atoms with Crippen molar-refractivity contribution in [1.82, 2.24) is 15.5 Å². The average molecular weight is 274 g/mol. The Morgan fingerprint density at radius 3 is 2.90 bits per heavy atom. The zero-order chi connectivity index (χ0) is 13.9. The molecule has 1 saturated heterocycles. The Bertz CT molecular complexity index is 538. The number of hydrogen-bond acceptors (Lipinski definition) is 3. The number of nitrogens with zero attached hydrogens (tertiary/aromatic N) is 1. The van der Waals surface area contributed by atoms with E-state index in [0.29, 0.717) is 13.0 Å². The monoisotopic (exact) mass is 274 g/mol. The third kappa shape index (κ3) is 2.75. The van der Waals surface area contributed by atoms with Crippen LogP contribution in [0.4, 0.5) is 10.5 Å². The van der Waals surface area contributed by atoms with Crippen molar-refractivity contribution in [3.05, 3.63) is 29.3 Å². The normalized spacial score (nSPS) is 17.6. The highest BCUT2D eigenvalue weighted by Gasteiger charge is 2.18. The number of nitrogens with one attached hydrogen (secondary N) is 3. The van der Waals surface area contributed by atoms with Crippen LogP contribution in [0.5, 0.6) is 0 Å². The van der Waals surface area contributed by atoms with Gasteiger partial charge in [0.1, 0.15) is 0 Å². The number of anilines is 1. The molecular weight excluding hydrogens is 256 g/mol. The lowest BCUT2D eigenvalue weighted by atomic mass is 10.1. The minimum absolute atomic E-state index is 0.0267. The predicted molar refractivity (Wildman–Crippen MR) is 75.5 cm³/mol. The molecule has 0 atom stereocenters. The number of carbonyl (C=O) groups excluding carboxylic acids is 2. The zero-order valence-corrected chi connectivity index (χ0v) is 11.2. The Kier molecular flexibility index (Phi) is 3.56. The second-order valence-electron chi connectivity index (χ2n) is 5.11. The molecule has 0 unspecified atom stereocenters. The van der Waals surface area contributed by atoms with Gasteiger partial charge in [-0.15, -0.1) is 0 Å². The lowest BCUT2D eigenvalue weighted by molar-refractivity contribution is -0.115. The van der Waals surface area contributed by atoms with E-state index in [2.05, 4.69) is 16.0 Å². The van der Waals surface area contributed by atoms with Crippen molar-refractivity contribution < 1.29 is 9.59 Å². The molecule has 1 fully saturated rings. The van der Waals surface area contributed by atoms with Gasteiger partial charge in [-0.25, -0.2) is 4.79 Å². The van der Waals surface area contributed by atoms with Gasteiger partial charge in [0.15, 0.2) is 0 Å². The highest BCUT2D eigenvalue weighted by atomic mass is 16.2. The molecule has 0 spiro atoms. The SMILES string of the molecule is O=C1Cc2cc(CNC(=O)N3CCNCC3)ccc2N1. The molecule has 106 valence electrons. The minimum Gasteiger partial charge on any atom is -0.334 e. The van der Waals surface area contributed by atoms with Gasteiger partial charge in [-0.2, -0.15) is 0 Å². The first kappa shape index (κ1) is 12.9. The third-order valence-electron chi connectivity index (χ3n) is 3.64. The lowest BCUT2D eigenvalue weighted by Crippen LogP contribution is -2.50. The number of piperazine rings is 1. The Labute approximate surface area is 117 Å². The summed E-state index contributed by atoms with van der Waals surface area (Å²) in [6.07, 6.45) is 0.426. The zero-order valence-electron chi connectivity index (χ0n) is 11.2. The van der Waals surface area contributed by atoms with Gasteiger partial charge in [0, 0.05) is 38.4 Å². The van der Waals surface area contributed by atoms with Gasteiger partial charge >= 0.3 is 6.03 Å². The molecule has 1 aromatic rings. The van der Waals surface area contributed by atoms with Crippen LogP contribution in [-0.2, 0) is 17.8 Å². The number of hydrogen-bond donors (Lipinski definition) is 3. The topological polar surface area (TPSA) is 73.5 Å². The fourth-order valence-corrected chi connectivity index (χ4v) is 2.55. The third-order valence-corrected chi connectivity index (χ3v) is 3.64. The molecule has 0 saturated carbocycles. The second-order valence-corrected chi connectivity index (χ2v) is 5.11. The fourth-order valence-electron chi connectivity index (χ4n) is 2.55. The first-order valence-corrected chi connectivity index (χ1v) is 6.87. The van der Waals surface area contributed by atoms with E-state index in [1.54, 1.807) is 0 Å². The predicted octanol–water partition coefficient (Wildman–Crippen LogP) is 0.296. The highest BCUT2D eigenvalue weighted by molar-refractivity contribution is 5.99. The molecule has 1 aromatic carbocycles. The average Bonchev–Trinajstić information content (AvgIpc) is 2.85. The molecule has 2 aliphatic heterocycles. The Morgan fingerprint density at radius 1 is 1.30 bits per heavy atom. The summed E-state index contributed by atoms with van der Waals surface area (Å²) in [6, 6.07) is 5.78. The molecule has 2 heterocycles. The maximum Gasteiger partial charge on any atom is 0.317 e. The molecule has 3 amide bonds. The van der Waals surface area contributed by atoms with E-state index in [1.807, 2.05) is 23.1 Å². The van der Waals surface area contributed by atoms with Crippen LogP contribution in [0.25, 0.3) is 0 Å². The van der Waals surface area contributed by atoms with Crippen molar-refractivity contribution in [2.24, 2.45) is 0 Å². The van der Waals surface area contributed by atoms with Crippen molar-refractivity contribution >= 4 is 17.6 Å². The van der Waals surface area contributed by atoms with Crippen LogP contribution in [0.2, 0.25) is 0 Å². The summed E-state index contributed by atoms with van der Waals surface area (Å²) in [6.45, 7) is 3.67. The highest BCUT2D eigenvalue weighted by Crippen LogP contribution is 2.23. The van der Waals surface area contributed by atoms with Gasteiger partial charge in [-0.3, -0.25) is 4.79 Å². The number of fused-ring (bicyclic) bond motifs is 1. The summed E-state index contributed by atoms with van der Waals surface area (Å²) in [5.41, 5.74) is 2.90. The molecule has 6 nitrogen and oxygen atoms in total. The summed E-state index contributed by atoms with van der Waals surface area (Å²) in [5, 5.41) is 8.94. The van der Waals surface area contributed by atoms with E-state index in [4.69, 9.17) is 0 Å². The van der Waals surface area contributed by atoms with Crippen molar-refractivity contribution in [2.45, 2.75) is 13.0 Å². The van der Waals surface area contributed by atoms with Crippen LogP contribution < -0.4 is 16.0 Å². The van der Waals surface area contributed by atoms with Crippen LogP contribution in [0, 0.1) is 0 Å². The van der Waals surface area contributed by atoms with Crippen molar-refractivity contribution in [1.29, 1.82) is 0 Å². The molecular formula is C14H18N4O2. The Morgan fingerprint density at radius 2 is 2.10 bits per heavy atom. The quantitative estimate of drug-likeness (QED) is 0.726. The van der Waals surface area contributed by atoms with Gasteiger partial charge in [-0.05, 0) is 17.2 Å². The fraction of sp³-hybridized carbons (Fsp3) is 0.429. The summed E-state index contributed by atoms with van der Waals surface area (Å²) in [7, 11) is 0. The molecule has 0 bridgehead atoms. The van der Waals surface area contributed by atoms with E-state index in [0.717, 1.165) is 43.0 Å². The standard InChI is InChI=1S/C14H18N4O2/c19-13-8-11-7-10(1-2-12(11)17-13)9-16-14(20)18-5-3-15-4-6-18/h1-2,7,15H,3-6,8-9H2,(H,16,20)(H,17,19). The van der Waals surface area contributed by atoms with Crippen LogP contribution in [-0.4, -0.2) is 43.0 Å². The van der Waals surface area contributed by atoms with E-state index in [1.165, 1.54) is 0 Å². The van der Waals surface area contributed by atoms with Crippen molar-refractivity contribution in [3.63, 3.8) is 0 Å². The van der Waals surface area contributed by atoms with Gasteiger partial charge in [-0.1, -0.05) is 12.1 Å². The maximum absolute atomic E-state index is 12.0. The minimum atomic E-state index is -0.0267. The van der Waals surface area contributed by atoms with E-state index in [9.17, 15) is 9.59 Å². The van der Waals surface area contributed by atoms with Crippen LogP contribution >= 0.6 is 0 Å². The summed E-state index contributed by atoms with van der Waals surface area (Å²) in [4.78, 5) is 25.1. The number of rotatable bonds is 2. The number of amides is 3. The maximum atomic E-state index is 12.0. The van der Waals surface area contributed by atoms with Crippen LogP contribution in [0.15, 0.2) is 18.2 Å². The van der Waals surface area contributed by atoms with Crippen molar-refractivity contribution in [2.75, 3.05) is 31.5 Å². The van der Waals surface area contributed by atoms with Gasteiger partial charge in [0.25, 0.3) is 0 Å². The van der Waals surface area contributed by atoms with Gasteiger partial charge < -0.3 is 20.9 Å². The smallest absolute Gasteiger partial charge is 0.317 e. The lowest BCUT2D eigenvalue weighted by Gasteiger charge is -2.27. The van der Waals surface area contributed by atoms with E-state index < -0.39 is 0 Å². The summed E-state index contributed by atoms with van der Waals surface area (Å²) < 4.78 is 0. The molecule has 20 heavy (non-hydrogen) atoms. The number of benzene rings is 1. The van der Waals surface area contributed by atoms with Crippen LogP contribution in [0.3, 0.4) is 0 Å². The molecule has 2 aliphatic rings. The number of carbonyl (C=O) groups is 2. The van der Waals surface area contributed by atoms with Gasteiger partial charge in [0.2, 0.25) is 5.91 Å². The van der Waals surface area contributed by atoms with Crippen molar-refractivity contribution in [3.8, 4) is 0 Å². The largest absolute Gasteiger partial charge is 0.334 e. The van der Waals surface area contributed by atoms with E-state index in [-0.39, 0.29) is 11.9 Å². The molecule has 6 heteroatoms. The Balaban J connectivity index is 1.57. The van der Waals surface area contributed by atoms with Crippen LogP contribution in [0.1, 0.15) is 11.1 Å². The molecule has 0 radical (unpaired) electrons. The molecule has 3 rings (SSSR count).